The van der Waals surface area contributed by atoms with Gasteiger partial charge in [0.15, 0.2) is 17.8 Å². The molecule has 0 fully saturated rings. The van der Waals surface area contributed by atoms with E-state index < -0.39 is 6.29 Å². The largest absolute Gasteiger partial charge is 0.497 e. The van der Waals surface area contributed by atoms with Crippen LogP contribution in [0.3, 0.4) is 0 Å². The van der Waals surface area contributed by atoms with E-state index in [-0.39, 0.29) is 12.7 Å². The van der Waals surface area contributed by atoms with Crippen LogP contribution >= 0.6 is 0 Å². The van der Waals surface area contributed by atoms with Crippen molar-refractivity contribution in [3.8, 4) is 23.0 Å². The zero-order chi connectivity index (χ0) is 16.4. The second-order valence-corrected chi connectivity index (χ2v) is 5.46. The summed E-state index contributed by atoms with van der Waals surface area (Å²) >= 11 is 0. The summed E-state index contributed by atoms with van der Waals surface area (Å²) in [7, 11) is 1.64. The Labute approximate surface area is 135 Å². The molecule has 0 spiro atoms. The number of ether oxygens (including phenoxy) is 4. The lowest BCUT2D eigenvalue weighted by molar-refractivity contribution is -0.00118. The van der Waals surface area contributed by atoms with Crippen molar-refractivity contribution in [2.45, 2.75) is 26.1 Å². The number of rotatable bonds is 5. The molecule has 1 aliphatic heterocycles. The van der Waals surface area contributed by atoms with Gasteiger partial charge in [-0.2, -0.15) is 0 Å². The van der Waals surface area contributed by atoms with Gasteiger partial charge in [-0.3, -0.25) is 0 Å². The maximum absolute atomic E-state index is 9.59. The van der Waals surface area contributed by atoms with Gasteiger partial charge in [-0.25, -0.2) is 0 Å². The van der Waals surface area contributed by atoms with E-state index in [9.17, 15) is 5.11 Å². The minimum atomic E-state index is -0.905. The third kappa shape index (κ3) is 3.19. The maximum atomic E-state index is 9.59. The molecule has 1 N–H and O–H groups in total. The molecule has 3 rings (SSSR count). The normalized spacial score (nSPS) is 15.1. The molecule has 5 heteroatoms. The molecule has 2 aromatic rings. The number of hydrogen-bond acceptors (Lipinski definition) is 5. The lowest BCUT2D eigenvalue weighted by atomic mass is 9.92. The van der Waals surface area contributed by atoms with Gasteiger partial charge in [0.25, 0.3) is 0 Å². The summed E-state index contributed by atoms with van der Waals surface area (Å²) in [5.41, 5.74) is 2.04. The quantitative estimate of drug-likeness (QED) is 0.858. The fourth-order valence-electron chi connectivity index (χ4n) is 2.64. The van der Waals surface area contributed by atoms with Gasteiger partial charge in [-0.1, -0.05) is 19.1 Å². The smallest absolute Gasteiger partial charge is 0.231 e. The van der Waals surface area contributed by atoms with E-state index in [0.29, 0.717) is 17.2 Å². The monoisotopic (exact) mass is 316 g/mol. The minimum Gasteiger partial charge on any atom is -0.497 e. The second-order valence-electron chi connectivity index (χ2n) is 5.46. The van der Waals surface area contributed by atoms with E-state index >= 15 is 0 Å². The van der Waals surface area contributed by atoms with Gasteiger partial charge in [0.2, 0.25) is 6.79 Å². The predicted molar refractivity (Wildman–Crippen MR) is 85.4 cm³/mol. The van der Waals surface area contributed by atoms with Crippen LogP contribution in [0.4, 0.5) is 0 Å². The van der Waals surface area contributed by atoms with E-state index in [1.54, 1.807) is 20.1 Å². The number of methoxy groups -OCH3 is 1. The molecular weight excluding hydrogens is 296 g/mol. The number of hydrogen-bond donors (Lipinski definition) is 1. The third-order valence-corrected chi connectivity index (χ3v) is 3.88. The van der Waals surface area contributed by atoms with Crippen LogP contribution in [0.15, 0.2) is 36.4 Å². The lowest BCUT2D eigenvalue weighted by Gasteiger charge is -2.19. The first-order chi connectivity index (χ1) is 11.1. The average Bonchev–Trinajstić information content (AvgIpc) is 3.00. The predicted octanol–water partition coefficient (Wildman–Crippen LogP) is 3.29. The van der Waals surface area contributed by atoms with Gasteiger partial charge in [0.05, 0.1) is 7.11 Å². The van der Waals surface area contributed by atoms with Gasteiger partial charge >= 0.3 is 0 Å². The molecule has 0 saturated carbocycles. The summed E-state index contributed by atoms with van der Waals surface area (Å²) in [6.45, 7) is 3.85. The molecule has 0 amide bonds. The van der Waals surface area contributed by atoms with E-state index in [4.69, 9.17) is 18.9 Å². The summed E-state index contributed by atoms with van der Waals surface area (Å²) in [6.07, 6.45) is -0.905. The zero-order valence-corrected chi connectivity index (χ0v) is 13.4. The standard InChI is InChI=1S/C18H20O5/c1-11(13-4-6-14(20-3)7-5-13)15-8-17-18(22-10-21-17)9-16(15)23-12(2)19/h4-9,11-12,19H,10H2,1-3H3/t11-,12-/m1/s1. The van der Waals surface area contributed by atoms with Crippen molar-refractivity contribution in [1.82, 2.24) is 0 Å². The van der Waals surface area contributed by atoms with E-state index in [0.717, 1.165) is 16.9 Å². The number of aliphatic hydroxyl groups excluding tert-OH is 1. The van der Waals surface area contributed by atoms with Gasteiger partial charge < -0.3 is 24.1 Å². The molecule has 2 atom stereocenters. The highest BCUT2D eigenvalue weighted by molar-refractivity contribution is 5.54. The average molecular weight is 316 g/mol. The third-order valence-electron chi connectivity index (χ3n) is 3.88. The molecule has 0 radical (unpaired) electrons. The first kappa shape index (κ1) is 15.5. The Morgan fingerprint density at radius 1 is 1.04 bits per heavy atom. The highest BCUT2D eigenvalue weighted by atomic mass is 16.7. The van der Waals surface area contributed by atoms with Crippen LogP contribution in [0.2, 0.25) is 0 Å². The zero-order valence-electron chi connectivity index (χ0n) is 13.4. The number of benzene rings is 2. The Hall–Kier alpha value is -2.40. The molecule has 0 saturated heterocycles. The van der Waals surface area contributed by atoms with Crippen LogP contribution in [-0.2, 0) is 0 Å². The first-order valence-electron chi connectivity index (χ1n) is 7.50. The maximum Gasteiger partial charge on any atom is 0.231 e. The highest BCUT2D eigenvalue weighted by Crippen LogP contribution is 2.42. The Bertz CT molecular complexity index is 679. The van der Waals surface area contributed by atoms with Crippen molar-refractivity contribution in [3.05, 3.63) is 47.5 Å². The van der Waals surface area contributed by atoms with Crippen LogP contribution in [0.25, 0.3) is 0 Å². The van der Waals surface area contributed by atoms with Crippen molar-refractivity contribution >= 4 is 0 Å². The molecular formula is C18H20O5. The fraction of sp³-hybridized carbons (Fsp3) is 0.333. The van der Waals surface area contributed by atoms with Crippen LogP contribution < -0.4 is 18.9 Å². The van der Waals surface area contributed by atoms with Gasteiger partial charge in [-0.05, 0) is 30.7 Å². The Kier molecular flexibility index (Phi) is 4.30. The van der Waals surface area contributed by atoms with E-state index in [2.05, 4.69) is 6.92 Å². The first-order valence-corrected chi connectivity index (χ1v) is 7.50. The molecule has 0 unspecified atom stereocenters. The van der Waals surface area contributed by atoms with E-state index in [1.807, 2.05) is 30.3 Å². The lowest BCUT2D eigenvalue weighted by Crippen LogP contribution is -2.12. The molecule has 122 valence electrons. The van der Waals surface area contributed by atoms with Gasteiger partial charge in [0.1, 0.15) is 11.5 Å². The van der Waals surface area contributed by atoms with E-state index in [1.165, 1.54) is 0 Å². The molecule has 23 heavy (non-hydrogen) atoms. The fourth-order valence-corrected chi connectivity index (χ4v) is 2.64. The molecule has 0 bridgehead atoms. The summed E-state index contributed by atoms with van der Waals surface area (Å²) in [5.74, 6) is 2.79. The van der Waals surface area contributed by atoms with Crippen LogP contribution in [0.5, 0.6) is 23.0 Å². The summed E-state index contributed by atoms with van der Waals surface area (Å²) < 4.78 is 21.6. The SMILES string of the molecule is COc1ccc([C@@H](C)c2cc3c(cc2O[C@H](C)O)OCO3)cc1. The molecule has 1 aliphatic rings. The number of fused-ring (bicyclic) bond motifs is 1. The summed E-state index contributed by atoms with van der Waals surface area (Å²) in [6, 6.07) is 11.6. The molecule has 0 aliphatic carbocycles. The summed E-state index contributed by atoms with van der Waals surface area (Å²) in [4.78, 5) is 0. The van der Waals surface area contributed by atoms with Gasteiger partial charge in [-0.15, -0.1) is 0 Å². The Morgan fingerprint density at radius 2 is 1.70 bits per heavy atom. The molecule has 5 nitrogen and oxygen atoms in total. The van der Waals surface area contributed by atoms with Crippen LogP contribution in [0.1, 0.15) is 30.9 Å². The van der Waals surface area contributed by atoms with Crippen molar-refractivity contribution in [1.29, 1.82) is 0 Å². The van der Waals surface area contributed by atoms with Crippen LogP contribution in [0, 0.1) is 0 Å². The molecule has 1 heterocycles. The van der Waals surface area contributed by atoms with Crippen LogP contribution in [-0.4, -0.2) is 25.3 Å². The Morgan fingerprint density at radius 3 is 2.30 bits per heavy atom. The minimum absolute atomic E-state index is 0.0594. The molecule has 2 aromatic carbocycles. The van der Waals surface area contributed by atoms with Gasteiger partial charge in [0, 0.05) is 17.5 Å². The summed E-state index contributed by atoms with van der Waals surface area (Å²) in [5, 5.41) is 9.59. The number of aliphatic hydroxyl groups is 1. The van der Waals surface area contributed by atoms with Crippen molar-refractivity contribution in [2.24, 2.45) is 0 Å². The second kappa shape index (κ2) is 6.38. The van der Waals surface area contributed by atoms with Crippen molar-refractivity contribution < 1.29 is 24.1 Å². The van der Waals surface area contributed by atoms with Crippen molar-refractivity contribution in [3.63, 3.8) is 0 Å². The Balaban J connectivity index is 1.98. The highest BCUT2D eigenvalue weighted by Gasteiger charge is 2.22. The topological polar surface area (TPSA) is 57.2 Å². The molecule has 0 aromatic heterocycles. The van der Waals surface area contributed by atoms with Crippen molar-refractivity contribution in [2.75, 3.05) is 13.9 Å².